The van der Waals surface area contributed by atoms with Crippen molar-refractivity contribution in [1.82, 2.24) is 5.32 Å². The summed E-state index contributed by atoms with van der Waals surface area (Å²) >= 11 is 3.39. The maximum absolute atomic E-state index is 11.5. The first kappa shape index (κ1) is 14.9. The summed E-state index contributed by atoms with van der Waals surface area (Å²) < 4.78 is 0. The average molecular weight is 278 g/mol. The first-order valence-electron chi connectivity index (χ1n) is 6.09. The minimum atomic E-state index is 0.206. The maximum atomic E-state index is 11.5. The number of carbonyl (C=O) groups excluding carboxylic acids is 1. The Balaban J connectivity index is 3.40. The molecule has 3 heteroatoms. The van der Waals surface area contributed by atoms with Gasteiger partial charge < -0.3 is 5.32 Å². The van der Waals surface area contributed by atoms with Crippen molar-refractivity contribution in [2.75, 3.05) is 5.33 Å². The second kappa shape index (κ2) is 10.5. The molecule has 0 saturated heterocycles. The fourth-order valence-corrected chi connectivity index (χ4v) is 2.06. The molecule has 0 aromatic carbocycles. The lowest BCUT2D eigenvalue weighted by atomic mass is 10.1. The molecular weight excluding hydrogens is 254 g/mol. The predicted octanol–water partition coefficient (Wildman–Crippen LogP) is 3.64. The Hall–Kier alpha value is -0.0500. The smallest absolute Gasteiger partial charge is 0.220 e. The lowest BCUT2D eigenvalue weighted by Gasteiger charge is -2.13. The van der Waals surface area contributed by atoms with Gasteiger partial charge in [0.05, 0.1) is 0 Å². The molecule has 0 fully saturated rings. The van der Waals surface area contributed by atoms with Gasteiger partial charge in [-0.2, -0.15) is 0 Å². The molecule has 0 spiro atoms. The zero-order chi connectivity index (χ0) is 11.5. The Labute approximate surface area is 102 Å². The summed E-state index contributed by atoms with van der Waals surface area (Å²) in [6.45, 7) is 4.29. The number of halogens is 1. The van der Waals surface area contributed by atoms with Crippen LogP contribution in [0.1, 0.15) is 58.8 Å². The van der Waals surface area contributed by atoms with Gasteiger partial charge in [-0.15, -0.1) is 0 Å². The summed E-state index contributed by atoms with van der Waals surface area (Å²) in [5.74, 6) is 0.206. The molecule has 0 bridgehead atoms. The zero-order valence-electron chi connectivity index (χ0n) is 10.0. The maximum Gasteiger partial charge on any atom is 0.220 e. The topological polar surface area (TPSA) is 29.1 Å². The predicted molar refractivity (Wildman–Crippen MR) is 69.4 cm³/mol. The second-order valence-corrected chi connectivity index (χ2v) is 4.64. The summed E-state index contributed by atoms with van der Waals surface area (Å²) in [7, 11) is 0. The van der Waals surface area contributed by atoms with Crippen LogP contribution in [0.15, 0.2) is 0 Å². The average Bonchev–Trinajstić information content (AvgIpc) is 2.25. The number of rotatable bonds is 9. The molecule has 0 aromatic heterocycles. The zero-order valence-corrected chi connectivity index (χ0v) is 11.6. The summed E-state index contributed by atoms with van der Waals surface area (Å²) in [5, 5.41) is 3.87. The molecule has 2 nitrogen and oxygen atoms in total. The number of hydrogen-bond donors (Lipinski definition) is 1. The van der Waals surface area contributed by atoms with Crippen LogP contribution in [0.2, 0.25) is 0 Å². The Kier molecular flexibility index (Phi) is 10.4. The van der Waals surface area contributed by atoms with Crippen LogP contribution in [0.4, 0.5) is 0 Å². The lowest BCUT2D eigenvalue weighted by Crippen LogP contribution is -2.35. The lowest BCUT2D eigenvalue weighted by molar-refractivity contribution is -0.121. The highest BCUT2D eigenvalue weighted by Gasteiger charge is 2.07. The highest BCUT2D eigenvalue weighted by molar-refractivity contribution is 9.09. The summed E-state index contributed by atoms with van der Waals surface area (Å²) in [6, 6.07) is 0.299. The molecule has 0 radical (unpaired) electrons. The van der Waals surface area contributed by atoms with E-state index in [-0.39, 0.29) is 5.91 Å². The van der Waals surface area contributed by atoms with Crippen molar-refractivity contribution in [3.63, 3.8) is 0 Å². The molecule has 0 aromatic rings. The molecule has 0 aliphatic rings. The van der Waals surface area contributed by atoms with Crippen molar-refractivity contribution in [2.45, 2.75) is 64.8 Å². The third kappa shape index (κ3) is 8.91. The Bertz CT molecular complexity index is 158. The van der Waals surface area contributed by atoms with Crippen LogP contribution in [-0.2, 0) is 4.79 Å². The van der Waals surface area contributed by atoms with E-state index in [9.17, 15) is 4.79 Å². The summed E-state index contributed by atoms with van der Waals surface area (Å²) in [6.07, 6.45) is 7.71. The standard InChI is InChI=1S/C12H24BrNO/c1-3-5-6-7-8-9-12(15)14-11(4-2)10-13/h11H,3-10H2,1-2H3,(H,14,15). The SMILES string of the molecule is CCCCCCCC(=O)NC(CC)CBr. The third-order valence-electron chi connectivity index (χ3n) is 2.55. The van der Waals surface area contributed by atoms with E-state index in [1.54, 1.807) is 0 Å². The highest BCUT2D eigenvalue weighted by atomic mass is 79.9. The number of nitrogens with one attached hydrogen (secondary N) is 1. The van der Waals surface area contributed by atoms with Crippen molar-refractivity contribution >= 4 is 21.8 Å². The van der Waals surface area contributed by atoms with Crippen molar-refractivity contribution < 1.29 is 4.79 Å². The van der Waals surface area contributed by atoms with Crippen LogP contribution in [0.25, 0.3) is 0 Å². The minimum absolute atomic E-state index is 0.206. The number of amides is 1. The van der Waals surface area contributed by atoms with Crippen LogP contribution in [0.5, 0.6) is 0 Å². The molecule has 0 saturated carbocycles. The summed E-state index contributed by atoms with van der Waals surface area (Å²) in [4.78, 5) is 11.5. The number of hydrogen-bond acceptors (Lipinski definition) is 1. The van der Waals surface area contributed by atoms with Gasteiger partial charge >= 0.3 is 0 Å². The molecule has 90 valence electrons. The van der Waals surface area contributed by atoms with E-state index in [1.165, 1.54) is 25.7 Å². The van der Waals surface area contributed by atoms with Crippen LogP contribution in [-0.4, -0.2) is 17.3 Å². The molecule has 1 N–H and O–H groups in total. The number of carbonyl (C=O) groups is 1. The molecule has 15 heavy (non-hydrogen) atoms. The molecule has 0 aliphatic carbocycles. The van der Waals surface area contributed by atoms with E-state index in [0.717, 1.165) is 18.2 Å². The van der Waals surface area contributed by atoms with E-state index in [1.807, 2.05) is 0 Å². The Morgan fingerprint density at radius 2 is 1.87 bits per heavy atom. The van der Waals surface area contributed by atoms with Crippen LogP contribution in [0, 0.1) is 0 Å². The molecular formula is C12H24BrNO. The van der Waals surface area contributed by atoms with Crippen LogP contribution in [0.3, 0.4) is 0 Å². The van der Waals surface area contributed by atoms with Crippen LogP contribution < -0.4 is 5.32 Å². The Morgan fingerprint density at radius 1 is 1.20 bits per heavy atom. The molecule has 0 aliphatic heterocycles. The van der Waals surface area contributed by atoms with E-state index in [0.29, 0.717) is 12.5 Å². The molecule has 0 heterocycles. The fraction of sp³-hybridized carbons (Fsp3) is 0.917. The first-order valence-corrected chi connectivity index (χ1v) is 7.22. The van der Waals surface area contributed by atoms with Crippen molar-refractivity contribution in [2.24, 2.45) is 0 Å². The van der Waals surface area contributed by atoms with E-state index in [4.69, 9.17) is 0 Å². The van der Waals surface area contributed by atoms with Gasteiger partial charge in [-0.3, -0.25) is 4.79 Å². The Morgan fingerprint density at radius 3 is 2.40 bits per heavy atom. The normalized spacial score (nSPS) is 12.5. The first-order chi connectivity index (χ1) is 7.24. The van der Waals surface area contributed by atoms with Gasteiger partial charge in [0, 0.05) is 17.8 Å². The molecule has 1 amide bonds. The van der Waals surface area contributed by atoms with Crippen molar-refractivity contribution in [3.05, 3.63) is 0 Å². The van der Waals surface area contributed by atoms with Crippen molar-refractivity contribution in [3.8, 4) is 0 Å². The van der Waals surface area contributed by atoms with Gasteiger partial charge in [0.25, 0.3) is 0 Å². The van der Waals surface area contributed by atoms with Gasteiger partial charge in [-0.25, -0.2) is 0 Å². The number of unbranched alkanes of at least 4 members (excludes halogenated alkanes) is 4. The van der Waals surface area contributed by atoms with Gasteiger partial charge in [0.2, 0.25) is 5.91 Å². The van der Waals surface area contributed by atoms with Crippen molar-refractivity contribution in [1.29, 1.82) is 0 Å². The molecule has 0 rings (SSSR count). The minimum Gasteiger partial charge on any atom is -0.353 e. The monoisotopic (exact) mass is 277 g/mol. The second-order valence-electron chi connectivity index (χ2n) is 3.99. The third-order valence-corrected chi connectivity index (χ3v) is 3.33. The van der Waals surface area contributed by atoms with Gasteiger partial charge in [0.15, 0.2) is 0 Å². The largest absolute Gasteiger partial charge is 0.353 e. The van der Waals surface area contributed by atoms with E-state index < -0.39 is 0 Å². The molecule has 1 unspecified atom stereocenters. The fourth-order valence-electron chi connectivity index (χ4n) is 1.44. The van der Waals surface area contributed by atoms with Gasteiger partial charge in [0.1, 0.15) is 0 Å². The van der Waals surface area contributed by atoms with E-state index in [2.05, 4.69) is 35.1 Å². The van der Waals surface area contributed by atoms with Gasteiger partial charge in [-0.1, -0.05) is 55.5 Å². The quantitative estimate of drug-likeness (QED) is 0.506. The number of alkyl halides is 1. The highest BCUT2D eigenvalue weighted by Crippen LogP contribution is 2.05. The van der Waals surface area contributed by atoms with Gasteiger partial charge in [-0.05, 0) is 12.8 Å². The summed E-state index contributed by atoms with van der Waals surface area (Å²) in [5.41, 5.74) is 0. The molecule has 1 atom stereocenters. The van der Waals surface area contributed by atoms with Crippen LogP contribution >= 0.6 is 15.9 Å². The van der Waals surface area contributed by atoms with E-state index >= 15 is 0 Å².